The molecule has 0 saturated carbocycles. The number of hydrogen-bond donors (Lipinski definition) is 4. The van der Waals surface area contributed by atoms with Crippen molar-refractivity contribution in [1.29, 1.82) is 0 Å². The van der Waals surface area contributed by atoms with Gasteiger partial charge in [0.2, 0.25) is 0 Å². The van der Waals surface area contributed by atoms with Gasteiger partial charge < -0.3 is 25.8 Å². The van der Waals surface area contributed by atoms with Crippen LogP contribution in [0, 0.1) is 5.92 Å². The Hall–Kier alpha value is -3.07. The molecule has 0 bridgehead atoms. The Labute approximate surface area is 202 Å². The minimum Gasteiger partial charge on any atom is -0.507 e. The third-order valence-corrected chi connectivity index (χ3v) is 7.87. The Morgan fingerprint density at radius 3 is 2.23 bits per heavy atom. The number of benzene rings is 2. The summed E-state index contributed by atoms with van der Waals surface area (Å²) in [5, 5.41) is 32.8. The van der Waals surface area contributed by atoms with Crippen molar-refractivity contribution in [2.24, 2.45) is 11.7 Å². The van der Waals surface area contributed by atoms with Gasteiger partial charge in [-0.15, -0.1) is 0 Å². The maximum absolute atomic E-state index is 13.4. The second kappa shape index (κ2) is 8.55. The fourth-order valence-corrected chi connectivity index (χ4v) is 6.04. The molecular formula is C27H29NO7. The van der Waals surface area contributed by atoms with Gasteiger partial charge in [-0.25, -0.2) is 0 Å². The van der Waals surface area contributed by atoms with E-state index in [-0.39, 0.29) is 52.1 Å². The standard InChI is InChI=1S/C27H29NO7/c1-11(29)13-7-14(8-15-10-19(28)23(30)12(2)35-15)20-18(9-13)26(33)21-22(27(20)34)25(32)17-6-4-3-5-16(17)24(21)31/h3-6,12-15,19,23,30,33-34H,7-10,28H2,1-2H3/t12-,13?,14?,15+,19+,23+/m1/s1. The highest BCUT2D eigenvalue weighted by Crippen LogP contribution is 2.51. The van der Waals surface area contributed by atoms with E-state index in [2.05, 4.69) is 0 Å². The van der Waals surface area contributed by atoms with Crippen LogP contribution in [0.2, 0.25) is 0 Å². The Kier molecular flexibility index (Phi) is 5.78. The maximum atomic E-state index is 13.4. The first-order valence-electron chi connectivity index (χ1n) is 12.0. The summed E-state index contributed by atoms with van der Waals surface area (Å²) in [5.41, 5.74) is 6.76. The number of aliphatic hydroxyl groups is 1. The number of aliphatic hydroxyl groups excluding tert-OH is 1. The summed E-state index contributed by atoms with van der Waals surface area (Å²) in [4.78, 5) is 39.0. The molecule has 8 heteroatoms. The van der Waals surface area contributed by atoms with Crippen molar-refractivity contribution >= 4 is 17.3 Å². The lowest BCUT2D eigenvalue weighted by atomic mass is 9.69. The van der Waals surface area contributed by atoms with Crippen molar-refractivity contribution in [3.63, 3.8) is 0 Å². The van der Waals surface area contributed by atoms with Gasteiger partial charge in [-0.2, -0.15) is 0 Å². The lowest BCUT2D eigenvalue weighted by molar-refractivity contribution is -0.124. The molecule has 1 heterocycles. The molecule has 1 fully saturated rings. The van der Waals surface area contributed by atoms with Gasteiger partial charge in [0.1, 0.15) is 17.3 Å². The smallest absolute Gasteiger partial charge is 0.198 e. The first-order chi connectivity index (χ1) is 16.6. The van der Waals surface area contributed by atoms with Crippen LogP contribution < -0.4 is 5.73 Å². The van der Waals surface area contributed by atoms with Crippen molar-refractivity contribution < 1.29 is 34.4 Å². The molecule has 6 atom stereocenters. The molecule has 2 unspecified atom stereocenters. The molecule has 2 aromatic rings. The monoisotopic (exact) mass is 479 g/mol. The van der Waals surface area contributed by atoms with Crippen LogP contribution in [0.4, 0.5) is 0 Å². The quantitative estimate of drug-likeness (QED) is 0.419. The Bertz CT molecular complexity index is 1240. The fraction of sp³-hybridized carbons (Fsp3) is 0.444. The Morgan fingerprint density at radius 1 is 1.06 bits per heavy atom. The molecule has 2 aromatic carbocycles. The predicted molar refractivity (Wildman–Crippen MR) is 126 cm³/mol. The summed E-state index contributed by atoms with van der Waals surface area (Å²) < 4.78 is 5.97. The molecule has 1 saturated heterocycles. The van der Waals surface area contributed by atoms with E-state index in [0.29, 0.717) is 30.4 Å². The van der Waals surface area contributed by atoms with E-state index in [1.165, 1.54) is 19.1 Å². The lowest BCUT2D eigenvalue weighted by Crippen LogP contribution is -2.51. The predicted octanol–water partition coefficient (Wildman–Crippen LogP) is 2.36. The highest BCUT2D eigenvalue weighted by molar-refractivity contribution is 6.30. The average molecular weight is 480 g/mol. The van der Waals surface area contributed by atoms with E-state index in [0.717, 1.165) is 0 Å². The third kappa shape index (κ3) is 3.67. The van der Waals surface area contributed by atoms with Crippen molar-refractivity contribution in [2.45, 2.75) is 69.8 Å². The number of carbonyl (C=O) groups is 3. The van der Waals surface area contributed by atoms with Gasteiger partial charge in [0.15, 0.2) is 11.6 Å². The largest absolute Gasteiger partial charge is 0.507 e. The molecule has 184 valence electrons. The van der Waals surface area contributed by atoms with E-state index in [1.54, 1.807) is 19.1 Å². The first kappa shape index (κ1) is 23.7. The molecule has 2 aliphatic carbocycles. The van der Waals surface area contributed by atoms with Crippen molar-refractivity contribution in [3.05, 3.63) is 57.6 Å². The summed E-state index contributed by atoms with van der Waals surface area (Å²) in [5.74, 6) is -2.61. The second-order valence-corrected chi connectivity index (χ2v) is 10.1. The number of phenolic OH excluding ortho intramolecular Hbond substituents is 2. The fourth-order valence-electron chi connectivity index (χ4n) is 6.04. The second-order valence-electron chi connectivity index (χ2n) is 10.1. The molecule has 0 aromatic heterocycles. The van der Waals surface area contributed by atoms with Crippen LogP contribution in [0.3, 0.4) is 0 Å². The number of ketones is 3. The van der Waals surface area contributed by atoms with E-state index in [9.17, 15) is 29.7 Å². The molecule has 8 nitrogen and oxygen atoms in total. The minimum absolute atomic E-state index is 0.0601. The van der Waals surface area contributed by atoms with Gasteiger partial charge in [0.05, 0.1) is 29.4 Å². The highest BCUT2D eigenvalue weighted by Gasteiger charge is 2.43. The van der Waals surface area contributed by atoms with Crippen molar-refractivity contribution in [1.82, 2.24) is 0 Å². The number of aromatic hydroxyl groups is 2. The molecule has 0 radical (unpaired) electrons. The summed E-state index contributed by atoms with van der Waals surface area (Å²) in [6, 6.07) is 5.86. The normalized spacial score (nSPS) is 29.8. The van der Waals surface area contributed by atoms with E-state index < -0.39 is 41.7 Å². The molecule has 0 amide bonds. The van der Waals surface area contributed by atoms with Crippen LogP contribution in [-0.2, 0) is 16.0 Å². The van der Waals surface area contributed by atoms with Gasteiger partial charge in [0, 0.05) is 34.2 Å². The van der Waals surface area contributed by atoms with Crippen molar-refractivity contribution in [2.75, 3.05) is 0 Å². The number of rotatable bonds is 3. The van der Waals surface area contributed by atoms with E-state index in [1.807, 2.05) is 0 Å². The van der Waals surface area contributed by atoms with Gasteiger partial charge >= 0.3 is 0 Å². The molecule has 5 N–H and O–H groups in total. The highest BCUT2D eigenvalue weighted by atomic mass is 16.5. The van der Waals surface area contributed by atoms with E-state index in [4.69, 9.17) is 10.5 Å². The number of Topliss-reactive ketones (excluding diaryl/α,β-unsaturated/α-hetero) is 1. The van der Waals surface area contributed by atoms with Gasteiger partial charge in [-0.1, -0.05) is 24.3 Å². The lowest BCUT2D eigenvalue weighted by Gasteiger charge is -2.40. The number of nitrogens with two attached hydrogens (primary N) is 1. The summed E-state index contributed by atoms with van der Waals surface area (Å²) in [6.07, 6.45) is -0.269. The average Bonchev–Trinajstić information content (AvgIpc) is 2.82. The number of hydrogen-bond acceptors (Lipinski definition) is 8. The zero-order valence-corrected chi connectivity index (χ0v) is 19.7. The molecule has 5 rings (SSSR count). The summed E-state index contributed by atoms with van der Waals surface area (Å²) >= 11 is 0. The van der Waals surface area contributed by atoms with Crippen LogP contribution in [0.5, 0.6) is 11.5 Å². The van der Waals surface area contributed by atoms with Crippen LogP contribution in [0.1, 0.15) is 82.0 Å². The zero-order chi connectivity index (χ0) is 25.2. The minimum atomic E-state index is -0.789. The Morgan fingerprint density at radius 2 is 1.66 bits per heavy atom. The number of fused-ring (bicyclic) bond motifs is 3. The molecular weight excluding hydrogens is 450 g/mol. The van der Waals surface area contributed by atoms with Gasteiger partial charge in [-0.05, 0) is 45.4 Å². The van der Waals surface area contributed by atoms with Crippen LogP contribution in [0.15, 0.2) is 24.3 Å². The molecule has 3 aliphatic rings. The molecule has 1 aliphatic heterocycles. The zero-order valence-electron chi connectivity index (χ0n) is 19.7. The number of carbonyl (C=O) groups excluding carboxylic acids is 3. The molecule has 0 spiro atoms. The summed E-state index contributed by atoms with van der Waals surface area (Å²) in [6.45, 7) is 3.23. The first-order valence-corrected chi connectivity index (χ1v) is 12.0. The van der Waals surface area contributed by atoms with Crippen LogP contribution in [-0.4, -0.2) is 57.0 Å². The van der Waals surface area contributed by atoms with Gasteiger partial charge in [-0.3, -0.25) is 14.4 Å². The van der Waals surface area contributed by atoms with Crippen molar-refractivity contribution in [3.8, 4) is 11.5 Å². The maximum Gasteiger partial charge on any atom is 0.198 e. The Balaban J connectivity index is 1.63. The van der Waals surface area contributed by atoms with E-state index >= 15 is 0 Å². The third-order valence-electron chi connectivity index (χ3n) is 7.87. The van der Waals surface area contributed by atoms with Crippen LogP contribution >= 0.6 is 0 Å². The topological polar surface area (TPSA) is 147 Å². The SMILES string of the molecule is CC(=O)C1Cc2c(O)c3c(c(O)c2C(C[C@H]2C[C@H](N)[C@@H](O)[C@@H](C)O2)C1)C(=O)c1ccccc1C3=O. The number of ether oxygens (including phenoxy) is 1. The number of phenols is 2. The van der Waals surface area contributed by atoms with Crippen LogP contribution in [0.25, 0.3) is 0 Å². The molecule has 35 heavy (non-hydrogen) atoms. The van der Waals surface area contributed by atoms with Gasteiger partial charge in [0.25, 0.3) is 0 Å². The summed E-state index contributed by atoms with van der Waals surface area (Å²) in [7, 11) is 0.